The molecule has 3 N–H and O–H groups in total. The van der Waals surface area contributed by atoms with Crippen molar-refractivity contribution in [2.75, 3.05) is 0 Å². The normalized spacial score (nSPS) is 10.2. The zero-order valence-corrected chi connectivity index (χ0v) is 12.0. The fraction of sp³-hybridized carbons (Fsp3) is 0.133. The third-order valence-corrected chi connectivity index (χ3v) is 3.29. The molecule has 0 saturated carbocycles. The molecule has 2 rings (SSSR count). The highest BCUT2D eigenvalue weighted by Gasteiger charge is 2.04. The van der Waals surface area contributed by atoms with Gasteiger partial charge in [-0.2, -0.15) is 0 Å². The lowest BCUT2D eigenvalue weighted by Crippen LogP contribution is -2.22. The van der Waals surface area contributed by atoms with Crippen LogP contribution in [-0.2, 0) is 13.1 Å². The van der Waals surface area contributed by atoms with E-state index in [0.717, 1.165) is 15.6 Å². The second kappa shape index (κ2) is 6.50. The number of amides is 1. The second-order valence-electron chi connectivity index (χ2n) is 4.21. The molecule has 0 radical (unpaired) electrons. The highest BCUT2D eigenvalue weighted by atomic mass is 79.9. The topological polar surface area (TPSA) is 55.1 Å². The Labute approximate surface area is 121 Å². The molecule has 0 aromatic heterocycles. The molecule has 0 aliphatic rings. The first-order valence-electron chi connectivity index (χ1n) is 6.00. The molecule has 0 bridgehead atoms. The Morgan fingerprint density at radius 2 is 1.84 bits per heavy atom. The van der Waals surface area contributed by atoms with Gasteiger partial charge in [0.15, 0.2) is 0 Å². The third-order valence-electron chi connectivity index (χ3n) is 2.79. The Hall–Kier alpha value is -1.65. The molecule has 2 aromatic rings. The summed E-state index contributed by atoms with van der Waals surface area (Å²) < 4.78 is 1.01. The summed E-state index contributed by atoms with van der Waals surface area (Å²) in [4.78, 5) is 11.9. The predicted molar refractivity (Wildman–Crippen MR) is 79.6 cm³/mol. The van der Waals surface area contributed by atoms with Crippen molar-refractivity contribution in [1.82, 2.24) is 5.32 Å². The molecule has 1 amide bonds. The maximum absolute atomic E-state index is 11.9. The van der Waals surface area contributed by atoms with E-state index in [1.54, 1.807) is 12.1 Å². The van der Waals surface area contributed by atoms with Crippen molar-refractivity contribution in [2.24, 2.45) is 5.73 Å². The van der Waals surface area contributed by atoms with Gasteiger partial charge >= 0.3 is 0 Å². The monoisotopic (exact) mass is 318 g/mol. The molecular formula is C15H15BrN2O. The fourth-order valence-electron chi connectivity index (χ4n) is 1.72. The number of nitrogens with one attached hydrogen (secondary N) is 1. The average Bonchev–Trinajstić information content (AvgIpc) is 2.45. The first kappa shape index (κ1) is 13.8. The van der Waals surface area contributed by atoms with Crippen LogP contribution in [0.15, 0.2) is 53.0 Å². The van der Waals surface area contributed by atoms with Gasteiger partial charge in [0.25, 0.3) is 5.91 Å². The van der Waals surface area contributed by atoms with Crippen molar-refractivity contribution in [1.29, 1.82) is 0 Å². The van der Waals surface area contributed by atoms with Gasteiger partial charge in [-0.1, -0.05) is 40.2 Å². The smallest absolute Gasteiger partial charge is 0.251 e. The van der Waals surface area contributed by atoms with Gasteiger partial charge in [0.05, 0.1) is 0 Å². The summed E-state index contributed by atoms with van der Waals surface area (Å²) in [6.45, 7) is 0.997. The van der Waals surface area contributed by atoms with Gasteiger partial charge in [-0.3, -0.25) is 4.79 Å². The number of nitrogens with two attached hydrogens (primary N) is 1. The van der Waals surface area contributed by atoms with Crippen molar-refractivity contribution >= 4 is 21.8 Å². The van der Waals surface area contributed by atoms with Crippen LogP contribution in [-0.4, -0.2) is 5.91 Å². The summed E-state index contributed by atoms with van der Waals surface area (Å²) in [6.07, 6.45) is 0. The molecule has 0 spiro atoms. The summed E-state index contributed by atoms with van der Waals surface area (Å²) in [5.74, 6) is -0.0800. The van der Waals surface area contributed by atoms with E-state index in [2.05, 4.69) is 21.2 Å². The Kier molecular flexibility index (Phi) is 4.71. The number of benzene rings is 2. The zero-order chi connectivity index (χ0) is 13.7. The van der Waals surface area contributed by atoms with Gasteiger partial charge in [0.2, 0.25) is 0 Å². The SMILES string of the molecule is NCc1ccc(C(=O)NCc2cccc(Br)c2)cc1. The van der Waals surface area contributed by atoms with E-state index in [1.807, 2.05) is 36.4 Å². The Morgan fingerprint density at radius 1 is 1.11 bits per heavy atom. The fourth-order valence-corrected chi connectivity index (χ4v) is 2.17. The van der Waals surface area contributed by atoms with Gasteiger partial charge in [-0.05, 0) is 35.4 Å². The predicted octanol–water partition coefficient (Wildman–Crippen LogP) is 2.84. The van der Waals surface area contributed by atoms with Gasteiger partial charge in [0.1, 0.15) is 0 Å². The van der Waals surface area contributed by atoms with E-state index in [-0.39, 0.29) is 5.91 Å². The van der Waals surface area contributed by atoms with Crippen molar-refractivity contribution < 1.29 is 4.79 Å². The van der Waals surface area contributed by atoms with Crippen molar-refractivity contribution in [2.45, 2.75) is 13.1 Å². The molecule has 0 fully saturated rings. The summed E-state index contributed by atoms with van der Waals surface area (Å²) in [6, 6.07) is 15.2. The molecule has 19 heavy (non-hydrogen) atoms. The van der Waals surface area contributed by atoms with Crippen LogP contribution in [0.4, 0.5) is 0 Å². The van der Waals surface area contributed by atoms with Crippen LogP contribution in [0.2, 0.25) is 0 Å². The van der Waals surface area contributed by atoms with Gasteiger partial charge in [-0.15, -0.1) is 0 Å². The van der Waals surface area contributed by atoms with Crippen molar-refractivity contribution in [3.8, 4) is 0 Å². The lowest BCUT2D eigenvalue weighted by molar-refractivity contribution is 0.0951. The number of hydrogen-bond donors (Lipinski definition) is 2. The van der Waals surface area contributed by atoms with E-state index < -0.39 is 0 Å². The first-order valence-corrected chi connectivity index (χ1v) is 6.80. The molecular weight excluding hydrogens is 304 g/mol. The van der Waals surface area contributed by atoms with Crippen LogP contribution < -0.4 is 11.1 Å². The molecule has 4 heteroatoms. The number of hydrogen-bond acceptors (Lipinski definition) is 2. The highest BCUT2D eigenvalue weighted by molar-refractivity contribution is 9.10. The van der Waals surface area contributed by atoms with Crippen LogP contribution in [0.3, 0.4) is 0 Å². The minimum Gasteiger partial charge on any atom is -0.348 e. The number of carbonyl (C=O) groups excluding carboxylic acids is 1. The molecule has 2 aromatic carbocycles. The molecule has 0 unspecified atom stereocenters. The minimum atomic E-state index is -0.0800. The van der Waals surface area contributed by atoms with E-state index in [4.69, 9.17) is 5.73 Å². The largest absolute Gasteiger partial charge is 0.348 e. The van der Waals surface area contributed by atoms with E-state index >= 15 is 0 Å². The first-order chi connectivity index (χ1) is 9.19. The average molecular weight is 319 g/mol. The van der Waals surface area contributed by atoms with Crippen molar-refractivity contribution in [3.05, 3.63) is 69.7 Å². The maximum atomic E-state index is 11.9. The zero-order valence-electron chi connectivity index (χ0n) is 10.4. The standard InChI is InChI=1S/C15H15BrN2O/c16-14-3-1-2-12(8-14)10-18-15(19)13-6-4-11(9-17)5-7-13/h1-8H,9-10,17H2,(H,18,19). The quantitative estimate of drug-likeness (QED) is 0.910. The Balaban J connectivity index is 1.97. The number of carbonyl (C=O) groups is 1. The van der Waals surface area contributed by atoms with E-state index in [0.29, 0.717) is 18.7 Å². The van der Waals surface area contributed by atoms with Gasteiger partial charge in [-0.25, -0.2) is 0 Å². The molecule has 0 saturated heterocycles. The van der Waals surface area contributed by atoms with Gasteiger partial charge in [0, 0.05) is 23.1 Å². The minimum absolute atomic E-state index is 0.0800. The summed E-state index contributed by atoms with van der Waals surface area (Å²) in [5, 5.41) is 2.89. The number of rotatable bonds is 4. The van der Waals surface area contributed by atoms with Crippen LogP contribution in [0.5, 0.6) is 0 Å². The molecule has 0 aliphatic heterocycles. The molecule has 0 atom stereocenters. The number of halogens is 1. The lowest BCUT2D eigenvalue weighted by Gasteiger charge is -2.06. The van der Waals surface area contributed by atoms with Crippen LogP contribution in [0.25, 0.3) is 0 Å². The molecule has 3 nitrogen and oxygen atoms in total. The van der Waals surface area contributed by atoms with Crippen molar-refractivity contribution in [3.63, 3.8) is 0 Å². The van der Waals surface area contributed by atoms with E-state index in [1.165, 1.54) is 0 Å². The van der Waals surface area contributed by atoms with E-state index in [9.17, 15) is 4.79 Å². The Bertz CT molecular complexity index is 567. The van der Waals surface area contributed by atoms with Crippen LogP contribution in [0, 0.1) is 0 Å². The summed E-state index contributed by atoms with van der Waals surface area (Å²) >= 11 is 3.41. The van der Waals surface area contributed by atoms with Gasteiger partial charge < -0.3 is 11.1 Å². The molecule has 0 aliphatic carbocycles. The summed E-state index contributed by atoms with van der Waals surface area (Å²) in [5.41, 5.74) is 8.24. The molecule has 0 heterocycles. The Morgan fingerprint density at radius 3 is 2.47 bits per heavy atom. The summed E-state index contributed by atoms with van der Waals surface area (Å²) in [7, 11) is 0. The third kappa shape index (κ3) is 3.91. The lowest BCUT2D eigenvalue weighted by atomic mass is 10.1. The van der Waals surface area contributed by atoms with Crippen LogP contribution >= 0.6 is 15.9 Å². The highest BCUT2D eigenvalue weighted by Crippen LogP contribution is 2.11. The van der Waals surface area contributed by atoms with Crippen LogP contribution in [0.1, 0.15) is 21.5 Å². The second-order valence-corrected chi connectivity index (χ2v) is 5.13. The maximum Gasteiger partial charge on any atom is 0.251 e. The molecule has 98 valence electrons.